The first kappa shape index (κ1) is 16.9. The molecule has 24 heavy (non-hydrogen) atoms. The zero-order valence-corrected chi connectivity index (χ0v) is 15.5. The number of aryl methyl sites for hydroxylation is 1. The highest BCUT2D eigenvalue weighted by molar-refractivity contribution is 7.15. The Morgan fingerprint density at radius 3 is 2.79 bits per heavy atom. The summed E-state index contributed by atoms with van der Waals surface area (Å²) in [4.78, 5) is 16.8. The Kier molecular flexibility index (Phi) is 4.84. The van der Waals surface area contributed by atoms with E-state index in [4.69, 9.17) is 0 Å². The van der Waals surface area contributed by atoms with Crippen LogP contribution >= 0.6 is 11.3 Å². The maximum absolute atomic E-state index is 12.5. The van der Waals surface area contributed by atoms with Crippen molar-refractivity contribution in [2.24, 2.45) is 0 Å². The Morgan fingerprint density at radius 2 is 2.17 bits per heavy atom. The molecule has 2 aromatic heterocycles. The Morgan fingerprint density at radius 1 is 1.38 bits per heavy atom. The largest absolute Gasteiger partial charge is 0.371 e. The zero-order chi connectivity index (χ0) is 17.3. The molecule has 0 radical (unpaired) electrons. The molecule has 2 aromatic rings. The minimum absolute atomic E-state index is 0.0414. The van der Waals surface area contributed by atoms with E-state index in [-0.39, 0.29) is 11.6 Å². The summed E-state index contributed by atoms with van der Waals surface area (Å²) >= 11 is 1.59. The van der Waals surface area contributed by atoms with Crippen molar-refractivity contribution in [1.29, 1.82) is 0 Å². The van der Waals surface area contributed by atoms with Crippen molar-refractivity contribution in [1.82, 2.24) is 20.0 Å². The highest BCUT2D eigenvalue weighted by Gasteiger charge is 2.25. The van der Waals surface area contributed by atoms with Crippen molar-refractivity contribution in [3.63, 3.8) is 0 Å². The lowest BCUT2D eigenvalue weighted by molar-refractivity contribution is 0.362. The highest BCUT2D eigenvalue weighted by atomic mass is 32.1. The van der Waals surface area contributed by atoms with E-state index in [0.717, 1.165) is 41.8 Å². The predicted octanol–water partition coefficient (Wildman–Crippen LogP) is 2.09. The van der Waals surface area contributed by atoms with Gasteiger partial charge in [-0.15, -0.1) is 10.2 Å². The number of anilines is 2. The van der Waals surface area contributed by atoms with Gasteiger partial charge in [-0.3, -0.25) is 4.79 Å². The SMILES string of the molecule is Cc1nnc(N2CCC[C@@H](n3ncc(N(C)C(C)C)cc3=O)C2)s1. The molecular formula is C16H24N6OS. The van der Waals surface area contributed by atoms with Crippen LogP contribution in [0, 0.1) is 6.92 Å². The number of hydrogen-bond donors (Lipinski definition) is 0. The van der Waals surface area contributed by atoms with E-state index in [1.165, 1.54) is 0 Å². The number of hydrogen-bond acceptors (Lipinski definition) is 7. The summed E-state index contributed by atoms with van der Waals surface area (Å²) in [5.74, 6) is 0. The van der Waals surface area contributed by atoms with Gasteiger partial charge in [-0.05, 0) is 33.6 Å². The van der Waals surface area contributed by atoms with E-state index in [2.05, 4.69) is 38.9 Å². The van der Waals surface area contributed by atoms with Crippen LogP contribution in [0.1, 0.15) is 37.7 Å². The van der Waals surface area contributed by atoms with E-state index in [1.807, 2.05) is 14.0 Å². The van der Waals surface area contributed by atoms with Gasteiger partial charge in [-0.1, -0.05) is 11.3 Å². The van der Waals surface area contributed by atoms with Crippen LogP contribution in [-0.2, 0) is 0 Å². The van der Waals surface area contributed by atoms with Crippen molar-refractivity contribution < 1.29 is 0 Å². The van der Waals surface area contributed by atoms with Gasteiger partial charge in [0, 0.05) is 32.2 Å². The van der Waals surface area contributed by atoms with Crippen LogP contribution in [0.15, 0.2) is 17.1 Å². The number of nitrogens with zero attached hydrogens (tertiary/aromatic N) is 6. The smallest absolute Gasteiger partial charge is 0.269 e. The van der Waals surface area contributed by atoms with Crippen LogP contribution in [0.3, 0.4) is 0 Å². The third-order valence-corrected chi connectivity index (χ3v) is 5.42. The molecule has 3 heterocycles. The molecule has 0 bridgehead atoms. The molecular weight excluding hydrogens is 324 g/mol. The molecule has 130 valence electrons. The van der Waals surface area contributed by atoms with Crippen molar-refractivity contribution in [3.05, 3.63) is 27.6 Å². The minimum atomic E-state index is -0.0414. The van der Waals surface area contributed by atoms with Crippen molar-refractivity contribution in [2.45, 2.75) is 45.7 Å². The fraction of sp³-hybridized carbons (Fsp3) is 0.625. The summed E-state index contributed by atoms with van der Waals surface area (Å²) in [6.45, 7) is 7.84. The molecule has 0 saturated carbocycles. The van der Waals surface area contributed by atoms with Gasteiger partial charge in [0.05, 0.1) is 17.9 Å². The van der Waals surface area contributed by atoms with Crippen LogP contribution in [0.25, 0.3) is 0 Å². The third kappa shape index (κ3) is 3.43. The van der Waals surface area contributed by atoms with Gasteiger partial charge in [-0.2, -0.15) is 5.10 Å². The second kappa shape index (κ2) is 6.88. The predicted molar refractivity (Wildman–Crippen MR) is 97.2 cm³/mol. The van der Waals surface area contributed by atoms with E-state index in [9.17, 15) is 4.79 Å². The number of piperidine rings is 1. The van der Waals surface area contributed by atoms with Gasteiger partial charge in [0.15, 0.2) is 0 Å². The average Bonchev–Trinajstić information content (AvgIpc) is 3.00. The standard InChI is InChI=1S/C16H24N6OS/c1-11(2)20(4)14-8-15(23)22(17-9-14)13-6-5-7-21(10-13)16-19-18-12(3)24-16/h8-9,11,13H,5-7,10H2,1-4H3/t13-/m1/s1. The molecule has 0 unspecified atom stereocenters. The van der Waals surface area contributed by atoms with Gasteiger partial charge in [0.1, 0.15) is 5.01 Å². The van der Waals surface area contributed by atoms with Gasteiger partial charge >= 0.3 is 0 Å². The van der Waals surface area contributed by atoms with Crippen LogP contribution in [-0.4, -0.2) is 46.2 Å². The lowest BCUT2D eigenvalue weighted by Gasteiger charge is -2.32. The summed E-state index contributed by atoms with van der Waals surface area (Å²) < 4.78 is 1.62. The first-order chi connectivity index (χ1) is 11.5. The monoisotopic (exact) mass is 348 g/mol. The Labute approximate surface area is 145 Å². The maximum Gasteiger partial charge on any atom is 0.269 e. The molecule has 1 saturated heterocycles. The Balaban J connectivity index is 1.80. The van der Waals surface area contributed by atoms with Gasteiger partial charge in [-0.25, -0.2) is 4.68 Å². The molecule has 0 aliphatic carbocycles. The second-order valence-corrected chi connectivity index (χ2v) is 7.71. The first-order valence-electron chi connectivity index (χ1n) is 8.32. The summed E-state index contributed by atoms with van der Waals surface area (Å²) in [7, 11) is 1.98. The highest BCUT2D eigenvalue weighted by Crippen LogP contribution is 2.27. The second-order valence-electron chi connectivity index (χ2n) is 6.55. The summed E-state index contributed by atoms with van der Waals surface area (Å²) in [5, 5.41) is 14.7. The van der Waals surface area contributed by atoms with Crippen LogP contribution < -0.4 is 15.4 Å². The molecule has 1 aliphatic heterocycles. The fourth-order valence-corrected chi connectivity index (χ4v) is 3.64. The molecule has 0 N–H and O–H groups in total. The summed E-state index contributed by atoms with van der Waals surface area (Å²) in [5.41, 5.74) is 0.818. The summed E-state index contributed by atoms with van der Waals surface area (Å²) in [6.07, 6.45) is 3.76. The minimum Gasteiger partial charge on any atom is -0.371 e. The van der Waals surface area contributed by atoms with E-state index >= 15 is 0 Å². The molecule has 0 aromatic carbocycles. The quantitative estimate of drug-likeness (QED) is 0.843. The number of rotatable bonds is 4. The van der Waals surface area contributed by atoms with Gasteiger partial charge in [0.25, 0.3) is 5.56 Å². The molecule has 7 nitrogen and oxygen atoms in total. The number of aromatic nitrogens is 4. The summed E-state index contributed by atoms with van der Waals surface area (Å²) in [6, 6.07) is 2.09. The van der Waals surface area contributed by atoms with Crippen LogP contribution in [0.5, 0.6) is 0 Å². The van der Waals surface area contributed by atoms with Crippen molar-refractivity contribution in [3.8, 4) is 0 Å². The third-order valence-electron chi connectivity index (χ3n) is 4.52. The lowest BCUT2D eigenvalue weighted by atomic mass is 10.1. The van der Waals surface area contributed by atoms with E-state index < -0.39 is 0 Å². The topological polar surface area (TPSA) is 67.2 Å². The zero-order valence-electron chi connectivity index (χ0n) is 14.6. The van der Waals surface area contributed by atoms with Gasteiger partial charge < -0.3 is 9.80 Å². The first-order valence-corrected chi connectivity index (χ1v) is 9.14. The lowest BCUT2D eigenvalue weighted by Crippen LogP contribution is -2.41. The Bertz CT molecular complexity index is 755. The molecule has 0 spiro atoms. The van der Waals surface area contributed by atoms with Crippen molar-refractivity contribution in [2.75, 3.05) is 29.9 Å². The Hall–Kier alpha value is -1.96. The molecule has 8 heteroatoms. The molecule has 3 rings (SSSR count). The van der Waals surface area contributed by atoms with Gasteiger partial charge in [0.2, 0.25) is 5.13 Å². The van der Waals surface area contributed by atoms with Crippen molar-refractivity contribution >= 4 is 22.2 Å². The average molecular weight is 348 g/mol. The maximum atomic E-state index is 12.5. The molecule has 1 fully saturated rings. The van der Waals surface area contributed by atoms with E-state index in [1.54, 1.807) is 28.3 Å². The molecule has 1 aliphatic rings. The normalized spacial score (nSPS) is 18.2. The molecule has 0 amide bonds. The van der Waals surface area contributed by atoms with E-state index in [0.29, 0.717) is 6.04 Å². The van der Waals surface area contributed by atoms with Crippen LogP contribution in [0.2, 0.25) is 0 Å². The molecule has 1 atom stereocenters. The van der Waals surface area contributed by atoms with Crippen LogP contribution in [0.4, 0.5) is 10.8 Å². The fourth-order valence-electron chi connectivity index (χ4n) is 2.92.